The molecule has 2 radical (unpaired) electrons. The molecule has 10 rings (SSSR count). The van der Waals surface area contributed by atoms with Crippen molar-refractivity contribution in [1.82, 2.24) is 24.9 Å². The SMILES string of the molecule is CC(=O)C=C(C)O.CC(=O)C=C(C)O.CC(C)(C)c1cc(-c2[c-]cccc2)ncn1.[Ir].[Ir].[c-]1ccccc1-c1cc(-c2ccccc2)ncn1.c1ccc(-c2cccc3c2ccc2c(-c4ccccc4)cncc23)cc1. The molecule has 0 bridgehead atoms. The van der Waals surface area contributed by atoms with E-state index >= 15 is 0 Å². The Morgan fingerprint density at radius 2 is 0.895 bits per heavy atom. The van der Waals surface area contributed by atoms with Crippen LogP contribution in [0.15, 0.2) is 231 Å². The van der Waals surface area contributed by atoms with Crippen molar-refractivity contribution in [2.24, 2.45) is 0 Å². The first-order valence-electron chi connectivity index (χ1n) is 24.0. The smallest absolute Gasteiger partial charge is 0.155 e. The maximum Gasteiger partial charge on any atom is 0.155 e. The minimum atomic E-state index is -0.125. The van der Waals surface area contributed by atoms with E-state index in [1.165, 1.54) is 83.6 Å². The summed E-state index contributed by atoms with van der Waals surface area (Å²) in [6.07, 6.45) is 9.50. The van der Waals surface area contributed by atoms with Gasteiger partial charge in [-0.2, -0.15) is 0 Å². The molecular formula is C65H59Ir2N5O4-2. The molecule has 0 amide bonds. The molecule has 0 aliphatic carbocycles. The van der Waals surface area contributed by atoms with Gasteiger partial charge in [-0.1, -0.05) is 154 Å². The minimum Gasteiger partial charge on any atom is -0.512 e. The Bertz CT molecular complexity index is 3280. The molecule has 388 valence electrons. The average molecular weight is 1360 g/mol. The van der Waals surface area contributed by atoms with Crippen molar-refractivity contribution in [1.29, 1.82) is 0 Å². The van der Waals surface area contributed by atoms with E-state index in [0.717, 1.165) is 39.5 Å². The predicted molar refractivity (Wildman–Crippen MR) is 301 cm³/mol. The van der Waals surface area contributed by atoms with E-state index in [-0.39, 0.29) is 68.7 Å². The number of rotatable bonds is 7. The predicted octanol–water partition coefficient (Wildman–Crippen LogP) is 15.6. The summed E-state index contributed by atoms with van der Waals surface area (Å²) in [5, 5.41) is 21.7. The Morgan fingerprint density at radius 3 is 1.36 bits per heavy atom. The average Bonchev–Trinajstić information content (AvgIpc) is 3.42. The second-order valence-corrected chi connectivity index (χ2v) is 18.0. The molecule has 0 aliphatic heterocycles. The van der Waals surface area contributed by atoms with Crippen LogP contribution in [0, 0.1) is 12.1 Å². The molecule has 76 heavy (non-hydrogen) atoms. The molecule has 11 heteroatoms. The number of aliphatic hydroxyl groups excluding tert-OH is 2. The Labute approximate surface area is 473 Å². The second kappa shape index (κ2) is 30.5. The summed E-state index contributed by atoms with van der Waals surface area (Å²) in [6, 6.07) is 68.2. The van der Waals surface area contributed by atoms with Gasteiger partial charge in [0, 0.05) is 86.8 Å². The molecule has 0 saturated carbocycles. The van der Waals surface area contributed by atoms with Crippen LogP contribution in [0.3, 0.4) is 0 Å². The van der Waals surface area contributed by atoms with Crippen molar-refractivity contribution < 1.29 is 60.0 Å². The number of benzene rings is 7. The van der Waals surface area contributed by atoms with Gasteiger partial charge in [0.2, 0.25) is 0 Å². The van der Waals surface area contributed by atoms with E-state index < -0.39 is 0 Å². The van der Waals surface area contributed by atoms with Gasteiger partial charge in [-0.25, -0.2) is 9.97 Å². The first-order valence-corrected chi connectivity index (χ1v) is 24.0. The summed E-state index contributed by atoms with van der Waals surface area (Å²) in [5.74, 6) is -0.125. The fraction of sp³-hybridized carbons (Fsp3) is 0.123. The third-order valence-corrected chi connectivity index (χ3v) is 10.9. The number of fused-ring (bicyclic) bond motifs is 3. The van der Waals surface area contributed by atoms with Crippen LogP contribution >= 0.6 is 0 Å². The summed E-state index contributed by atoms with van der Waals surface area (Å²) in [4.78, 5) is 41.8. The number of ketones is 2. The number of allylic oxidation sites excluding steroid dienone is 4. The van der Waals surface area contributed by atoms with Gasteiger partial charge in [-0.3, -0.25) is 24.5 Å². The summed E-state index contributed by atoms with van der Waals surface area (Å²) >= 11 is 0. The van der Waals surface area contributed by atoms with Gasteiger partial charge in [0.25, 0.3) is 0 Å². The van der Waals surface area contributed by atoms with Crippen molar-refractivity contribution in [3.63, 3.8) is 0 Å². The van der Waals surface area contributed by atoms with E-state index in [1.807, 2.05) is 109 Å². The zero-order valence-electron chi connectivity index (χ0n) is 43.4. The molecule has 0 unspecified atom stereocenters. The molecule has 0 fully saturated rings. The Kier molecular flexibility index (Phi) is 24.3. The molecule has 7 aromatic carbocycles. The molecule has 0 atom stereocenters. The molecule has 0 aliphatic rings. The Morgan fingerprint density at radius 1 is 0.447 bits per heavy atom. The largest absolute Gasteiger partial charge is 0.512 e. The maximum absolute atomic E-state index is 10.0. The molecule has 10 aromatic rings. The molecule has 0 spiro atoms. The second-order valence-electron chi connectivity index (χ2n) is 18.0. The van der Waals surface area contributed by atoms with Crippen LogP contribution < -0.4 is 0 Å². The van der Waals surface area contributed by atoms with Crippen LogP contribution in [-0.2, 0) is 55.2 Å². The molecule has 3 aromatic heterocycles. The van der Waals surface area contributed by atoms with Crippen LogP contribution in [-0.4, -0.2) is 46.7 Å². The quantitative estimate of drug-likeness (QED) is 0.0691. The van der Waals surface area contributed by atoms with Crippen molar-refractivity contribution in [2.75, 3.05) is 0 Å². The zero-order valence-corrected chi connectivity index (χ0v) is 48.2. The minimum absolute atomic E-state index is 0. The molecular weight excluding hydrogens is 1300 g/mol. The molecule has 2 N–H and O–H groups in total. The fourth-order valence-corrected chi connectivity index (χ4v) is 7.61. The standard InChI is InChI=1S/C25H17N.C16H11N2.C14H15N2.2C5H8O2.2Ir/c1-3-8-18(9-4-1)20-12-7-13-21-22(20)14-15-23-24(16-26-17-25(21)23)19-10-5-2-6-11-19;1-3-7-13(8-4-1)15-11-16(18-12-17-15)14-9-5-2-6-10-14;1-14(2,3)13-9-12(15-10-16-13)11-7-5-4-6-8-11;2*1-4(6)3-5(2)7;;/h1-17H;1-9,11-12H;4-7,9-10H,1-3H3;2*3,6H,1-2H3;;/q;2*-1;;;;. The number of hydrogen-bond donors (Lipinski definition) is 2. The monoisotopic (exact) mass is 1360 g/mol. The van der Waals surface area contributed by atoms with Gasteiger partial charge >= 0.3 is 0 Å². The van der Waals surface area contributed by atoms with Gasteiger partial charge in [0.1, 0.15) is 12.7 Å². The van der Waals surface area contributed by atoms with Gasteiger partial charge < -0.3 is 10.2 Å². The fourth-order valence-electron chi connectivity index (χ4n) is 7.61. The first-order chi connectivity index (χ1) is 35.7. The normalized spacial score (nSPS) is 10.7. The molecule has 9 nitrogen and oxygen atoms in total. The van der Waals surface area contributed by atoms with E-state index in [1.54, 1.807) is 12.7 Å². The number of aliphatic hydroxyl groups is 2. The number of aromatic nitrogens is 5. The van der Waals surface area contributed by atoms with Crippen LogP contribution in [0.5, 0.6) is 0 Å². The number of pyridine rings is 1. The van der Waals surface area contributed by atoms with Gasteiger partial charge in [0.05, 0.1) is 17.2 Å². The first kappa shape index (κ1) is 60.6. The summed E-state index contributed by atoms with van der Waals surface area (Å²) < 4.78 is 0. The Balaban J connectivity index is 0.000000222. The van der Waals surface area contributed by atoms with Crippen molar-refractivity contribution in [3.05, 3.63) is 249 Å². The Hall–Kier alpha value is -7.91. The molecule has 3 heterocycles. The topological polar surface area (TPSA) is 139 Å². The van der Waals surface area contributed by atoms with Gasteiger partial charge in [-0.05, 0) is 77.5 Å². The summed E-state index contributed by atoms with van der Waals surface area (Å²) in [5.41, 5.74) is 11.8. The maximum atomic E-state index is 10.0. The molecule has 0 saturated heterocycles. The third kappa shape index (κ3) is 18.5. The van der Waals surface area contributed by atoms with E-state index in [9.17, 15) is 9.59 Å². The van der Waals surface area contributed by atoms with Crippen molar-refractivity contribution in [3.8, 4) is 56.0 Å². The van der Waals surface area contributed by atoms with E-state index in [4.69, 9.17) is 10.2 Å². The van der Waals surface area contributed by atoms with Crippen molar-refractivity contribution in [2.45, 2.75) is 53.9 Å². The van der Waals surface area contributed by atoms with Gasteiger partial charge in [-0.15, -0.1) is 71.8 Å². The third-order valence-electron chi connectivity index (χ3n) is 10.9. The summed E-state index contributed by atoms with van der Waals surface area (Å²) in [7, 11) is 0. The number of carbonyl (C=O) groups is 2. The van der Waals surface area contributed by atoms with Crippen LogP contribution in [0.1, 0.15) is 54.2 Å². The van der Waals surface area contributed by atoms with Crippen LogP contribution in [0.2, 0.25) is 0 Å². The number of nitrogens with zero attached hydrogens (tertiary/aromatic N) is 5. The number of hydrogen-bond acceptors (Lipinski definition) is 9. The van der Waals surface area contributed by atoms with Crippen LogP contribution in [0.4, 0.5) is 0 Å². The summed E-state index contributed by atoms with van der Waals surface area (Å²) in [6.45, 7) is 12.1. The van der Waals surface area contributed by atoms with E-state index in [0.29, 0.717) is 0 Å². The van der Waals surface area contributed by atoms with Gasteiger partial charge in [0.15, 0.2) is 11.6 Å². The van der Waals surface area contributed by atoms with Crippen LogP contribution in [0.25, 0.3) is 77.6 Å². The zero-order chi connectivity index (χ0) is 52.9. The number of carbonyl (C=O) groups excluding carboxylic acids is 2. The van der Waals surface area contributed by atoms with E-state index in [2.05, 4.69) is 143 Å². The van der Waals surface area contributed by atoms with Crippen molar-refractivity contribution >= 4 is 33.1 Å².